The molecule has 0 amide bonds. The van der Waals surface area contributed by atoms with Crippen LogP contribution in [0.4, 0.5) is 0 Å². The van der Waals surface area contributed by atoms with E-state index < -0.39 is 0 Å². The summed E-state index contributed by atoms with van der Waals surface area (Å²) in [5.41, 5.74) is 1.24. The number of aromatic nitrogens is 1. The van der Waals surface area contributed by atoms with Crippen molar-refractivity contribution in [3.05, 3.63) is 16.1 Å². The van der Waals surface area contributed by atoms with Crippen LogP contribution >= 0.6 is 11.3 Å². The van der Waals surface area contributed by atoms with Crippen molar-refractivity contribution in [3.63, 3.8) is 0 Å². The molecule has 0 atom stereocenters. The van der Waals surface area contributed by atoms with Crippen LogP contribution in [0.25, 0.3) is 0 Å². The molecule has 0 bridgehead atoms. The van der Waals surface area contributed by atoms with E-state index >= 15 is 0 Å². The van der Waals surface area contributed by atoms with Crippen molar-refractivity contribution in [1.29, 1.82) is 0 Å². The van der Waals surface area contributed by atoms with Crippen molar-refractivity contribution in [1.82, 2.24) is 15.2 Å². The van der Waals surface area contributed by atoms with Crippen LogP contribution in [0.5, 0.6) is 0 Å². The number of rotatable bonds is 5. The van der Waals surface area contributed by atoms with Gasteiger partial charge in [-0.2, -0.15) is 0 Å². The van der Waals surface area contributed by atoms with Crippen molar-refractivity contribution < 1.29 is 0 Å². The summed E-state index contributed by atoms with van der Waals surface area (Å²) in [5, 5.41) is 7.03. The molecule has 4 heteroatoms. The smallest absolute Gasteiger partial charge is 0.0897 e. The van der Waals surface area contributed by atoms with Crippen molar-refractivity contribution in [2.75, 3.05) is 19.6 Å². The van der Waals surface area contributed by atoms with E-state index in [1.807, 2.05) is 0 Å². The molecule has 1 saturated heterocycles. The van der Waals surface area contributed by atoms with Gasteiger partial charge in [-0.15, -0.1) is 11.3 Å². The van der Waals surface area contributed by atoms with E-state index in [4.69, 9.17) is 0 Å². The molecular weight excluding hydrogens is 242 g/mol. The Morgan fingerprint density at radius 3 is 2.72 bits per heavy atom. The SMILES string of the molecule is Cc1nc(CCNC2CCN(C(C)C)CC2)cs1. The second-order valence-corrected chi connectivity index (χ2v) is 6.53. The van der Waals surface area contributed by atoms with E-state index in [2.05, 4.69) is 41.4 Å². The number of hydrogen-bond acceptors (Lipinski definition) is 4. The minimum atomic E-state index is 0.698. The summed E-state index contributed by atoms with van der Waals surface area (Å²) < 4.78 is 0. The molecule has 18 heavy (non-hydrogen) atoms. The Kier molecular flexibility index (Phi) is 5.15. The van der Waals surface area contributed by atoms with Gasteiger partial charge in [0.1, 0.15) is 0 Å². The third-order valence-corrected chi connectivity index (χ3v) is 4.56. The summed E-state index contributed by atoms with van der Waals surface area (Å²) in [6, 6.07) is 1.41. The molecule has 0 spiro atoms. The van der Waals surface area contributed by atoms with Gasteiger partial charge in [0.2, 0.25) is 0 Å². The molecular formula is C14H25N3S. The van der Waals surface area contributed by atoms with Gasteiger partial charge in [0.05, 0.1) is 10.7 Å². The van der Waals surface area contributed by atoms with Crippen LogP contribution in [-0.4, -0.2) is 41.6 Å². The first-order chi connectivity index (χ1) is 8.65. The second kappa shape index (κ2) is 6.64. The highest BCUT2D eigenvalue weighted by atomic mass is 32.1. The Labute approximate surface area is 115 Å². The zero-order chi connectivity index (χ0) is 13.0. The summed E-state index contributed by atoms with van der Waals surface area (Å²) in [4.78, 5) is 7.07. The van der Waals surface area contributed by atoms with Gasteiger partial charge in [-0.05, 0) is 46.7 Å². The van der Waals surface area contributed by atoms with Crippen LogP contribution in [0.15, 0.2) is 5.38 Å². The highest BCUT2D eigenvalue weighted by molar-refractivity contribution is 7.09. The fourth-order valence-electron chi connectivity index (χ4n) is 2.55. The number of piperidine rings is 1. The second-order valence-electron chi connectivity index (χ2n) is 5.47. The molecule has 0 aliphatic carbocycles. The van der Waals surface area contributed by atoms with Gasteiger partial charge in [0.15, 0.2) is 0 Å². The highest BCUT2D eigenvalue weighted by Crippen LogP contribution is 2.13. The van der Waals surface area contributed by atoms with Gasteiger partial charge in [-0.3, -0.25) is 0 Å². The lowest BCUT2D eigenvalue weighted by Crippen LogP contribution is -2.45. The lowest BCUT2D eigenvalue weighted by atomic mass is 10.0. The molecule has 0 aromatic carbocycles. The molecule has 102 valence electrons. The quantitative estimate of drug-likeness (QED) is 0.888. The largest absolute Gasteiger partial charge is 0.313 e. The first-order valence-electron chi connectivity index (χ1n) is 7.03. The van der Waals surface area contributed by atoms with E-state index in [9.17, 15) is 0 Å². The Morgan fingerprint density at radius 2 is 2.17 bits per heavy atom. The van der Waals surface area contributed by atoms with E-state index in [-0.39, 0.29) is 0 Å². The van der Waals surface area contributed by atoms with E-state index in [1.54, 1.807) is 11.3 Å². The van der Waals surface area contributed by atoms with E-state index in [0.717, 1.165) is 13.0 Å². The number of thiazole rings is 1. The average molecular weight is 267 g/mol. The lowest BCUT2D eigenvalue weighted by molar-refractivity contribution is 0.161. The fourth-order valence-corrected chi connectivity index (χ4v) is 3.19. The number of hydrogen-bond donors (Lipinski definition) is 1. The van der Waals surface area contributed by atoms with Gasteiger partial charge in [0, 0.05) is 30.4 Å². The maximum absolute atomic E-state index is 4.50. The summed E-state index contributed by atoms with van der Waals surface area (Å²) in [5.74, 6) is 0. The molecule has 0 radical (unpaired) electrons. The molecule has 1 aliphatic heterocycles. The Bertz CT molecular complexity index is 354. The van der Waals surface area contributed by atoms with Crippen LogP contribution < -0.4 is 5.32 Å². The molecule has 1 aliphatic rings. The highest BCUT2D eigenvalue weighted by Gasteiger charge is 2.19. The third-order valence-electron chi connectivity index (χ3n) is 3.74. The Balaban J connectivity index is 1.63. The Hall–Kier alpha value is -0.450. The van der Waals surface area contributed by atoms with Gasteiger partial charge < -0.3 is 10.2 Å². The zero-order valence-electron chi connectivity index (χ0n) is 11.8. The maximum atomic E-state index is 4.50. The van der Waals surface area contributed by atoms with Crippen LogP contribution in [0, 0.1) is 6.92 Å². The summed E-state index contributed by atoms with van der Waals surface area (Å²) in [6.45, 7) is 10.2. The minimum Gasteiger partial charge on any atom is -0.313 e. The lowest BCUT2D eigenvalue weighted by Gasteiger charge is -2.35. The first-order valence-corrected chi connectivity index (χ1v) is 7.91. The monoisotopic (exact) mass is 267 g/mol. The van der Waals surface area contributed by atoms with E-state index in [0.29, 0.717) is 12.1 Å². The molecule has 3 nitrogen and oxygen atoms in total. The van der Waals surface area contributed by atoms with Crippen molar-refractivity contribution in [3.8, 4) is 0 Å². The van der Waals surface area contributed by atoms with Gasteiger partial charge >= 0.3 is 0 Å². The predicted molar refractivity (Wildman–Crippen MR) is 78.3 cm³/mol. The number of aryl methyl sites for hydroxylation is 1. The normalized spacial score (nSPS) is 18.7. The van der Waals surface area contributed by atoms with Crippen LogP contribution in [-0.2, 0) is 6.42 Å². The van der Waals surface area contributed by atoms with Gasteiger partial charge in [-0.25, -0.2) is 4.98 Å². The number of nitrogens with zero attached hydrogens (tertiary/aromatic N) is 2. The topological polar surface area (TPSA) is 28.2 Å². The molecule has 1 fully saturated rings. The molecule has 0 saturated carbocycles. The van der Waals surface area contributed by atoms with E-state index in [1.165, 1.54) is 36.6 Å². The molecule has 1 aromatic rings. The fraction of sp³-hybridized carbons (Fsp3) is 0.786. The van der Waals surface area contributed by atoms with Crippen LogP contribution in [0.1, 0.15) is 37.4 Å². The van der Waals surface area contributed by atoms with Crippen molar-refractivity contribution in [2.45, 2.75) is 52.1 Å². The predicted octanol–water partition coefficient (Wildman–Crippen LogP) is 2.46. The minimum absolute atomic E-state index is 0.698. The van der Waals surface area contributed by atoms with Gasteiger partial charge in [-0.1, -0.05) is 0 Å². The molecule has 2 heterocycles. The first kappa shape index (κ1) is 14.0. The van der Waals surface area contributed by atoms with Crippen LogP contribution in [0.2, 0.25) is 0 Å². The van der Waals surface area contributed by atoms with Crippen molar-refractivity contribution in [2.24, 2.45) is 0 Å². The van der Waals surface area contributed by atoms with Crippen molar-refractivity contribution >= 4 is 11.3 Å². The van der Waals surface area contributed by atoms with Gasteiger partial charge in [0.25, 0.3) is 0 Å². The number of nitrogens with one attached hydrogen (secondary N) is 1. The number of likely N-dealkylation sites (tertiary alicyclic amines) is 1. The third kappa shape index (κ3) is 4.04. The molecule has 2 rings (SSSR count). The molecule has 1 N–H and O–H groups in total. The average Bonchev–Trinajstić information content (AvgIpc) is 2.76. The zero-order valence-corrected chi connectivity index (χ0v) is 12.6. The standard InChI is InChI=1S/C14H25N3S/c1-11(2)17-8-5-13(6-9-17)15-7-4-14-10-18-12(3)16-14/h10-11,13,15H,4-9H2,1-3H3. The summed E-state index contributed by atoms with van der Waals surface area (Å²) in [6.07, 6.45) is 3.64. The summed E-state index contributed by atoms with van der Waals surface area (Å²) >= 11 is 1.75. The Morgan fingerprint density at radius 1 is 1.44 bits per heavy atom. The maximum Gasteiger partial charge on any atom is 0.0897 e. The molecule has 1 aromatic heterocycles. The van der Waals surface area contributed by atoms with Crippen LogP contribution in [0.3, 0.4) is 0 Å². The summed E-state index contributed by atoms with van der Waals surface area (Å²) in [7, 11) is 0. The molecule has 0 unspecified atom stereocenters.